The molecule has 9 rings (SSSR count). The number of hydrogen-bond acceptors (Lipinski definition) is 11. The van der Waals surface area contributed by atoms with Gasteiger partial charge in [0.2, 0.25) is 0 Å². The average molecular weight is 927 g/mol. The van der Waals surface area contributed by atoms with Gasteiger partial charge in [-0.3, -0.25) is 0 Å². The Morgan fingerprint density at radius 3 is 1.00 bits per heavy atom. The maximum atomic E-state index is 9.09. The Bertz CT molecular complexity index is 2880. The molecule has 0 aliphatic carbocycles. The quantitative estimate of drug-likeness (QED) is 0.0410. The molecule has 0 radical (unpaired) electrons. The highest BCUT2D eigenvalue weighted by Gasteiger charge is 2.20. The van der Waals surface area contributed by atoms with E-state index in [-0.39, 0.29) is 39.6 Å². The van der Waals surface area contributed by atoms with Crippen molar-refractivity contribution in [3.05, 3.63) is 150 Å². The molecule has 3 aromatic heterocycles. The van der Waals surface area contributed by atoms with E-state index in [0.717, 1.165) is 89.4 Å². The predicted octanol–water partition coefficient (Wildman–Crippen LogP) is 9.49. The molecular weight excluding hydrogens is 873 g/mol. The van der Waals surface area contributed by atoms with Crippen LogP contribution >= 0.6 is 0 Å². The number of benzene rings is 4. The molecule has 2 aliphatic heterocycles. The maximum Gasteiger partial charge on any atom is 0.119 e. The molecule has 5 N–H and O–H groups in total. The van der Waals surface area contributed by atoms with Crippen molar-refractivity contribution in [1.82, 2.24) is 19.9 Å². The lowest BCUT2D eigenvalue weighted by Gasteiger charge is -2.10. The molecule has 0 amide bonds. The number of aromatic amines is 2. The van der Waals surface area contributed by atoms with Crippen LogP contribution in [0.15, 0.2) is 127 Å². The second kappa shape index (κ2) is 23.1. The van der Waals surface area contributed by atoms with Gasteiger partial charge >= 0.3 is 0 Å². The molecule has 0 saturated heterocycles. The molecule has 2 aliphatic rings. The number of rotatable bonds is 22. The van der Waals surface area contributed by atoms with Crippen LogP contribution < -0.4 is 14.2 Å². The van der Waals surface area contributed by atoms with E-state index in [4.69, 9.17) is 53.7 Å². The summed E-state index contributed by atoms with van der Waals surface area (Å²) >= 11 is 0. The number of aliphatic hydroxyl groups is 3. The van der Waals surface area contributed by atoms with Gasteiger partial charge in [0, 0.05) is 44.3 Å². The minimum atomic E-state index is -0.0396. The zero-order chi connectivity index (χ0) is 47.2. The molecule has 0 fully saturated rings. The molecule has 0 atom stereocenters. The van der Waals surface area contributed by atoms with Crippen molar-refractivity contribution in [1.29, 1.82) is 0 Å². The van der Waals surface area contributed by atoms with Gasteiger partial charge in [0.05, 0.1) is 82.2 Å². The Balaban J connectivity index is 1.24. The normalized spacial score (nSPS) is 11.9. The summed E-state index contributed by atoms with van der Waals surface area (Å²) in [4.78, 5) is 18.5. The van der Waals surface area contributed by atoms with Crippen molar-refractivity contribution < 1.29 is 43.7 Å². The van der Waals surface area contributed by atoms with Crippen LogP contribution in [-0.4, -0.2) is 115 Å². The second-order valence-corrected chi connectivity index (χ2v) is 16.0. The van der Waals surface area contributed by atoms with Gasteiger partial charge in [-0.25, -0.2) is 9.97 Å². The van der Waals surface area contributed by atoms with Crippen molar-refractivity contribution in [2.45, 2.75) is 0 Å². The van der Waals surface area contributed by atoms with Crippen LogP contribution in [0.25, 0.3) is 90.9 Å². The number of fused-ring (bicyclic) bond motifs is 8. The summed E-state index contributed by atoms with van der Waals surface area (Å²) in [5, 5.41) is 27.3. The van der Waals surface area contributed by atoms with E-state index in [0.29, 0.717) is 56.9 Å². The number of ether oxygens (including phenoxy) is 6. The summed E-state index contributed by atoms with van der Waals surface area (Å²) < 4.78 is 34.1. The summed E-state index contributed by atoms with van der Waals surface area (Å²) in [6.07, 6.45) is 8.20. The van der Waals surface area contributed by atoms with Crippen LogP contribution in [0.5, 0.6) is 17.2 Å². The predicted molar refractivity (Wildman–Crippen MR) is 271 cm³/mol. The molecular formula is C56H54N4O9. The highest BCUT2D eigenvalue weighted by molar-refractivity contribution is 6.00. The number of aromatic nitrogens is 4. The van der Waals surface area contributed by atoms with E-state index in [1.807, 2.05) is 103 Å². The Morgan fingerprint density at radius 1 is 0.319 bits per heavy atom. The van der Waals surface area contributed by atoms with Crippen LogP contribution in [0.2, 0.25) is 0 Å². The van der Waals surface area contributed by atoms with Crippen LogP contribution in [0, 0.1) is 0 Å². The summed E-state index contributed by atoms with van der Waals surface area (Å²) in [5.41, 5.74) is 14.0. The fourth-order valence-corrected chi connectivity index (χ4v) is 8.33. The first-order valence-electron chi connectivity index (χ1n) is 23.1. The Kier molecular flexibility index (Phi) is 15.6. The van der Waals surface area contributed by atoms with Gasteiger partial charge in [-0.15, -0.1) is 0 Å². The largest absolute Gasteiger partial charge is 0.491 e. The molecule has 4 aromatic carbocycles. The SMILES string of the molecule is OCCOCCOc1ccc(-c2c3nc(c(-c4ccc(OCCOCCO)cc4)c4ccc([nH]4)c(-c4ccccc4)c4ccc([nH]4)c(-c4ccc(OCCOCCO)cc4)c4nc2C=C4)C=C3)cc1. The van der Waals surface area contributed by atoms with Gasteiger partial charge in [-0.05, 0) is 107 Å². The lowest BCUT2D eigenvalue weighted by molar-refractivity contribution is 0.0705. The number of nitrogens with zero attached hydrogens (tertiary/aromatic N) is 2. The van der Waals surface area contributed by atoms with Gasteiger partial charge in [0.15, 0.2) is 0 Å². The van der Waals surface area contributed by atoms with Crippen LogP contribution in [-0.2, 0) is 14.2 Å². The fraction of sp³-hybridized carbons (Fsp3) is 0.214. The van der Waals surface area contributed by atoms with E-state index in [1.165, 1.54) is 0 Å². The third-order valence-electron chi connectivity index (χ3n) is 11.4. The summed E-state index contributed by atoms with van der Waals surface area (Å²) in [6, 6.07) is 42.6. The smallest absolute Gasteiger partial charge is 0.119 e. The fourth-order valence-electron chi connectivity index (χ4n) is 8.33. The summed E-state index contributed by atoms with van der Waals surface area (Å²) in [7, 11) is 0. The molecule has 352 valence electrons. The Morgan fingerprint density at radius 2 is 0.638 bits per heavy atom. The number of nitrogens with one attached hydrogen (secondary N) is 2. The summed E-state index contributed by atoms with van der Waals surface area (Å²) in [6.45, 7) is 2.84. The Hall–Kier alpha value is -7.36. The van der Waals surface area contributed by atoms with E-state index in [9.17, 15) is 0 Å². The topological polar surface area (TPSA) is 173 Å². The third-order valence-corrected chi connectivity index (χ3v) is 11.4. The van der Waals surface area contributed by atoms with E-state index < -0.39 is 0 Å². The minimum Gasteiger partial charge on any atom is -0.491 e. The van der Waals surface area contributed by atoms with Gasteiger partial charge in [0.25, 0.3) is 0 Å². The molecule has 69 heavy (non-hydrogen) atoms. The minimum absolute atomic E-state index is 0.0345. The first-order chi connectivity index (χ1) is 34.1. The molecule has 13 nitrogen and oxygen atoms in total. The standard InChI is InChI=1S/C56H54N4O9/c61-26-29-64-32-35-67-42-12-6-39(7-13-42)54-47-20-18-45(57-47)53(38-4-2-1-3-5-38)46-19-21-48(58-46)55(40-8-14-43(15-9-40)68-36-33-65-30-27-62)50-23-25-52(60-50)56(51-24-22-49(54)59-51)41-10-16-44(17-11-41)69-37-34-66-31-28-63/h1-25,57-58,61-63H,26-37H2. The van der Waals surface area contributed by atoms with Gasteiger partial charge in [-0.2, -0.15) is 0 Å². The molecule has 0 saturated carbocycles. The zero-order valence-corrected chi connectivity index (χ0v) is 38.1. The third kappa shape index (κ3) is 11.3. The van der Waals surface area contributed by atoms with Crippen molar-refractivity contribution in [3.8, 4) is 61.8 Å². The first kappa shape index (κ1) is 46.7. The monoisotopic (exact) mass is 926 g/mol. The zero-order valence-electron chi connectivity index (χ0n) is 38.1. The summed E-state index contributed by atoms with van der Waals surface area (Å²) in [5.74, 6) is 2.08. The molecule has 7 aromatic rings. The molecule has 5 heterocycles. The first-order valence-corrected chi connectivity index (χ1v) is 23.1. The lowest BCUT2D eigenvalue weighted by Crippen LogP contribution is -2.09. The van der Waals surface area contributed by atoms with Crippen molar-refractivity contribution >= 4 is 46.4 Å². The maximum absolute atomic E-state index is 9.09. The van der Waals surface area contributed by atoms with Crippen LogP contribution in [0.4, 0.5) is 0 Å². The van der Waals surface area contributed by atoms with Gasteiger partial charge in [-0.1, -0.05) is 66.7 Å². The molecule has 0 spiro atoms. The highest BCUT2D eigenvalue weighted by Crippen LogP contribution is 2.39. The second-order valence-electron chi connectivity index (χ2n) is 16.0. The van der Waals surface area contributed by atoms with Crippen molar-refractivity contribution in [2.24, 2.45) is 0 Å². The van der Waals surface area contributed by atoms with E-state index >= 15 is 0 Å². The highest BCUT2D eigenvalue weighted by atomic mass is 16.5. The van der Waals surface area contributed by atoms with Gasteiger partial charge < -0.3 is 53.7 Å². The average Bonchev–Trinajstić information content (AvgIpc) is 4.24. The number of aliphatic hydroxyl groups excluding tert-OH is 3. The van der Waals surface area contributed by atoms with Crippen LogP contribution in [0.1, 0.15) is 22.8 Å². The van der Waals surface area contributed by atoms with Gasteiger partial charge in [0.1, 0.15) is 37.1 Å². The number of H-pyrrole nitrogens is 2. The van der Waals surface area contributed by atoms with E-state index in [1.54, 1.807) is 0 Å². The van der Waals surface area contributed by atoms with Crippen molar-refractivity contribution in [2.75, 3.05) is 79.3 Å². The van der Waals surface area contributed by atoms with E-state index in [2.05, 4.69) is 58.5 Å². The molecule has 0 unspecified atom stereocenters. The number of hydrogen-bond donors (Lipinski definition) is 5. The molecule has 13 heteroatoms. The molecule has 8 bridgehead atoms. The van der Waals surface area contributed by atoms with Crippen molar-refractivity contribution in [3.63, 3.8) is 0 Å². The lowest BCUT2D eigenvalue weighted by atomic mass is 10.0. The Labute approximate surface area is 399 Å². The van der Waals surface area contributed by atoms with Crippen LogP contribution in [0.3, 0.4) is 0 Å².